The van der Waals surface area contributed by atoms with Crippen molar-refractivity contribution in [3.05, 3.63) is 84.1 Å². The van der Waals surface area contributed by atoms with Crippen molar-refractivity contribution in [3.8, 4) is 22.5 Å². The summed E-state index contributed by atoms with van der Waals surface area (Å²) in [4.78, 5) is 7.43. The molecule has 198 valence electrons. The average molecular weight is 519 g/mol. The number of nitrogens with zero attached hydrogens (tertiary/aromatic N) is 5. The quantitative estimate of drug-likeness (QED) is 0.264. The van der Waals surface area contributed by atoms with Gasteiger partial charge in [-0.25, -0.2) is 4.98 Å². The fourth-order valence-corrected chi connectivity index (χ4v) is 5.15. The second kappa shape index (κ2) is 10.8. The molecule has 0 saturated carbocycles. The number of nitrogens with one attached hydrogen (secondary N) is 3. The summed E-state index contributed by atoms with van der Waals surface area (Å²) in [7, 11) is 0. The fourth-order valence-electron chi connectivity index (χ4n) is 5.15. The van der Waals surface area contributed by atoms with Crippen LogP contribution >= 0.6 is 0 Å². The Bertz CT molecular complexity index is 1580. The lowest BCUT2D eigenvalue weighted by Gasteiger charge is -2.37. The van der Waals surface area contributed by atoms with Gasteiger partial charge >= 0.3 is 0 Å². The van der Waals surface area contributed by atoms with E-state index in [1.54, 1.807) is 0 Å². The minimum absolute atomic E-state index is 0.387. The third-order valence-corrected chi connectivity index (χ3v) is 7.47. The van der Waals surface area contributed by atoms with Crippen LogP contribution in [0.1, 0.15) is 25.1 Å². The Labute approximate surface area is 228 Å². The molecule has 8 heteroatoms. The predicted molar refractivity (Wildman–Crippen MR) is 158 cm³/mol. The standard InChI is InChI=1S/C31H34N8/c1-20(2)28-19-39(15-14-32-28)31-30(33-18-22-8-7-11-24(16-22)23-9-5-4-6-10-23)38-37-29(34-31)25-12-13-27-26(17-25)21(3)35-36-27/h4-13,16-17,20,28,32H,14-15,18-19H2,1-3H3,(H,33,38)(H,35,36). The first-order valence-electron chi connectivity index (χ1n) is 13.6. The number of H-pyrrole nitrogens is 1. The molecule has 3 aromatic carbocycles. The minimum atomic E-state index is 0.387. The first-order chi connectivity index (χ1) is 19.0. The molecule has 0 aliphatic carbocycles. The van der Waals surface area contributed by atoms with Gasteiger partial charge in [0.25, 0.3) is 0 Å². The number of aromatic amines is 1. The Morgan fingerprint density at radius 1 is 0.949 bits per heavy atom. The molecule has 6 rings (SSSR count). The van der Waals surface area contributed by atoms with Crippen molar-refractivity contribution in [2.24, 2.45) is 5.92 Å². The first-order valence-corrected chi connectivity index (χ1v) is 13.6. The third kappa shape index (κ3) is 5.33. The Morgan fingerprint density at radius 3 is 2.64 bits per heavy atom. The molecule has 0 bridgehead atoms. The molecule has 3 N–H and O–H groups in total. The van der Waals surface area contributed by atoms with Crippen LogP contribution in [0.25, 0.3) is 33.4 Å². The number of hydrogen-bond donors (Lipinski definition) is 3. The van der Waals surface area contributed by atoms with Gasteiger partial charge in [-0.15, -0.1) is 10.2 Å². The van der Waals surface area contributed by atoms with Gasteiger partial charge in [0, 0.05) is 48.9 Å². The van der Waals surface area contributed by atoms with Crippen molar-refractivity contribution in [2.45, 2.75) is 33.4 Å². The SMILES string of the molecule is Cc1[nH]nc2ccc(-c3nnc(NCc4cccc(-c5ccccc5)c4)c(N4CCNC(C(C)C)C4)n3)cc12. The Balaban J connectivity index is 1.32. The second-order valence-electron chi connectivity index (χ2n) is 10.6. The Kier molecular flexibility index (Phi) is 6.94. The maximum Gasteiger partial charge on any atom is 0.192 e. The molecule has 5 aromatic rings. The lowest BCUT2D eigenvalue weighted by Crippen LogP contribution is -2.53. The van der Waals surface area contributed by atoms with Crippen LogP contribution < -0.4 is 15.5 Å². The highest BCUT2D eigenvalue weighted by Crippen LogP contribution is 2.29. The van der Waals surface area contributed by atoms with Gasteiger partial charge < -0.3 is 15.5 Å². The molecule has 1 atom stereocenters. The Hall–Kier alpha value is -4.30. The molecule has 1 aliphatic heterocycles. The van der Waals surface area contributed by atoms with Gasteiger partial charge in [0.05, 0.1) is 5.52 Å². The van der Waals surface area contributed by atoms with Crippen LogP contribution in [-0.2, 0) is 6.54 Å². The molecule has 1 fully saturated rings. The Morgan fingerprint density at radius 2 is 1.79 bits per heavy atom. The molecule has 1 aliphatic rings. The van der Waals surface area contributed by atoms with Gasteiger partial charge in [-0.3, -0.25) is 5.10 Å². The number of aromatic nitrogens is 5. The highest BCUT2D eigenvalue weighted by atomic mass is 15.3. The summed E-state index contributed by atoms with van der Waals surface area (Å²) in [6.45, 7) is 9.80. The summed E-state index contributed by atoms with van der Waals surface area (Å²) in [5.74, 6) is 2.68. The summed E-state index contributed by atoms with van der Waals surface area (Å²) in [6, 6.07) is 25.5. The summed E-state index contributed by atoms with van der Waals surface area (Å²) in [6.07, 6.45) is 0. The zero-order valence-corrected chi connectivity index (χ0v) is 22.6. The summed E-state index contributed by atoms with van der Waals surface area (Å²) >= 11 is 0. The van der Waals surface area contributed by atoms with Gasteiger partial charge in [-0.2, -0.15) is 5.10 Å². The number of benzene rings is 3. The zero-order chi connectivity index (χ0) is 26.8. The topological polar surface area (TPSA) is 94.6 Å². The molecule has 0 radical (unpaired) electrons. The van der Waals surface area contributed by atoms with Crippen LogP contribution in [0.3, 0.4) is 0 Å². The maximum absolute atomic E-state index is 5.09. The summed E-state index contributed by atoms with van der Waals surface area (Å²) in [5.41, 5.74) is 6.46. The molecule has 0 spiro atoms. The lowest BCUT2D eigenvalue weighted by molar-refractivity contribution is 0.367. The third-order valence-electron chi connectivity index (χ3n) is 7.47. The molecule has 8 nitrogen and oxygen atoms in total. The van der Waals surface area contributed by atoms with Gasteiger partial charge in [0.1, 0.15) is 0 Å². The van der Waals surface area contributed by atoms with E-state index in [1.165, 1.54) is 16.7 Å². The number of hydrogen-bond acceptors (Lipinski definition) is 7. The van der Waals surface area contributed by atoms with Crippen LogP contribution in [0.5, 0.6) is 0 Å². The van der Waals surface area contributed by atoms with E-state index in [2.05, 4.69) is 104 Å². The van der Waals surface area contributed by atoms with E-state index in [0.717, 1.165) is 47.6 Å². The first kappa shape index (κ1) is 25.0. The van der Waals surface area contributed by atoms with Gasteiger partial charge in [-0.05, 0) is 53.8 Å². The van der Waals surface area contributed by atoms with Gasteiger partial charge in [0.15, 0.2) is 17.5 Å². The van der Waals surface area contributed by atoms with E-state index in [0.29, 0.717) is 30.1 Å². The number of anilines is 2. The molecular weight excluding hydrogens is 484 g/mol. The average Bonchev–Trinajstić information content (AvgIpc) is 3.36. The van der Waals surface area contributed by atoms with E-state index in [-0.39, 0.29) is 0 Å². The van der Waals surface area contributed by atoms with Crippen LogP contribution in [-0.4, -0.2) is 51.1 Å². The monoisotopic (exact) mass is 518 g/mol. The van der Waals surface area contributed by atoms with Gasteiger partial charge in [0.2, 0.25) is 0 Å². The molecule has 2 aromatic heterocycles. The largest absolute Gasteiger partial charge is 0.361 e. The van der Waals surface area contributed by atoms with Crippen LogP contribution in [0, 0.1) is 12.8 Å². The number of fused-ring (bicyclic) bond motifs is 1. The maximum atomic E-state index is 5.09. The van der Waals surface area contributed by atoms with E-state index in [9.17, 15) is 0 Å². The molecule has 3 heterocycles. The van der Waals surface area contributed by atoms with Crippen molar-refractivity contribution in [1.82, 2.24) is 30.7 Å². The molecule has 1 unspecified atom stereocenters. The fraction of sp³-hybridized carbons (Fsp3) is 0.290. The van der Waals surface area contributed by atoms with Crippen molar-refractivity contribution < 1.29 is 0 Å². The van der Waals surface area contributed by atoms with Crippen LogP contribution in [0.2, 0.25) is 0 Å². The minimum Gasteiger partial charge on any atom is -0.361 e. The smallest absolute Gasteiger partial charge is 0.192 e. The molecule has 1 saturated heterocycles. The summed E-state index contributed by atoms with van der Waals surface area (Å²) < 4.78 is 0. The molecular formula is C31H34N8. The van der Waals surface area contributed by atoms with Crippen molar-refractivity contribution in [3.63, 3.8) is 0 Å². The number of aryl methyl sites for hydroxylation is 1. The van der Waals surface area contributed by atoms with Crippen LogP contribution in [0.4, 0.5) is 11.6 Å². The predicted octanol–water partition coefficient (Wildman–Crippen LogP) is 5.44. The van der Waals surface area contributed by atoms with Crippen LogP contribution in [0.15, 0.2) is 72.8 Å². The molecule has 39 heavy (non-hydrogen) atoms. The van der Waals surface area contributed by atoms with E-state index >= 15 is 0 Å². The number of rotatable bonds is 7. The highest BCUT2D eigenvalue weighted by Gasteiger charge is 2.26. The lowest BCUT2D eigenvalue weighted by atomic mass is 10.0. The summed E-state index contributed by atoms with van der Waals surface area (Å²) in [5, 5.41) is 24.9. The van der Waals surface area contributed by atoms with Gasteiger partial charge in [-0.1, -0.05) is 62.4 Å². The van der Waals surface area contributed by atoms with E-state index in [1.807, 2.05) is 25.1 Å². The normalized spacial score (nSPS) is 15.7. The zero-order valence-electron chi connectivity index (χ0n) is 22.6. The van der Waals surface area contributed by atoms with E-state index in [4.69, 9.17) is 4.98 Å². The van der Waals surface area contributed by atoms with Crippen molar-refractivity contribution >= 4 is 22.5 Å². The highest BCUT2D eigenvalue weighted by molar-refractivity contribution is 5.85. The van der Waals surface area contributed by atoms with Crippen molar-refractivity contribution in [1.29, 1.82) is 0 Å². The number of piperazine rings is 1. The van der Waals surface area contributed by atoms with E-state index < -0.39 is 0 Å². The molecule has 0 amide bonds. The second-order valence-corrected chi connectivity index (χ2v) is 10.6. The van der Waals surface area contributed by atoms with Crippen molar-refractivity contribution in [2.75, 3.05) is 29.9 Å².